The van der Waals surface area contributed by atoms with E-state index in [1.807, 2.05) is 30.3 Å². The monoisotopic (exact) mass is 467 g/mol. The second-order valence-corrected chi connectivity index (χ2v) is 7.87. The lowest BCUT2D eigenvalue weighted by Crippen LogP contribution is -2.16. The van der Waals surface area contributed by atoms with Crippen LogP contribution in [0.1, 0.15) is 40.5 Å². The molecule has 7 nitrogen and oxygen atoms in total. The Labute approximate surface area is 203 Å². The van der Waals surface area contributed by atoms with E-state index in [4.69, 9.17) is 4.74 Å². The van der Waals surface area contributed by atoms with Crippen LogP contribution in [0.15, 0.2) is 85.2 Å². The second-order valence-electron chi connectivity index (χ2n) is 7.87. The molecule has 0 aliphatic rings. The van der Waals surface area contributed by atoms with Gasteiger partial charge in [0.25, 0.3) is 5.91 Å². The minimum atomic E-state index is -1.13. The molecule has 35 heavy (non-hydrogen) atoms. The Morgan fingerprint density at radius 2 is 1.60 bits per heavy atom. The van der Waals surface area contributed by atoms with E-state index < -0.39 is 11.9 Å². The Balaban J connectivity index is 1.72. The number of nitrogens with zero attached hydrogens (tertiary/aromatic N) is 2. The summed E-state index contributed by atoms with van der Waals surface area (Å²) in [5, 5.41) is 12.5. The van der Waals surface area contributed by atoms with E-state index in [9.17, 15) is 14.7 Å². The Morgan fingerprint density at radius 1 is 0.857 bits per heavy atom. The summed E-state index contributed by atoms with van der Waals surface area (Å²) >= 11 is 0. The Morgan fingerprint density at radius 3 is 2.31 bits per heavy atom. The van der Waals surface area contributed by atoms with Crippen LogP contribution in [0.4, 0.5) is 5.69 Å². The molecule has 0 aliphatic carbocycles. The van der Waals surface area contributed by atoms with Gasteiger partial charge in [0, 0.05) is 18.0 Å². The van der Waals surface area contributed by atoms with E-state index in [-0.39, 0.29) is 16.8 Å². The number of ether oxygens (including phenoxy) is 1. The Kier molecular flexibility index (Phi) is 7.47. The third-order valence-electron chi connectivity index (χ3n) is 5.41. The van der Waals surface area contributed by atoms with Crippen molar-refractivity contribution >= 4 is 17.6 Å². The standard InChI is InChI=1S/C28H25N3O4/c1-2-3-16-35-25-13-11-21(26-29-14-7-15-30-26)17-23(25)27(32)31-24-18-20(10-12-22(24)28(33)34)19-8-5-4-6-9-19/h4-15,17-18H,2-3,16H2,1H3,(H,31,32)(H,33,34). The van der Waals surface area contributed by atoms with E-state index in [1.165, 1.54) is 6.07 Å². The highest BCUT2D eigenvalue weighted by Crippen LogP contribution is 2.29. The number of unbranched alkanes of at least 4 members (excludes halogenated alkanes) is 1. The molecular weight excluding hydrogens is 442 g/mol. The molecule has 0 radical (unpaired) electrons. The number of hydrogen-bond donors (Lipinski definition) is 2. The molecule has 0 atom stereocenters. The zero-order valence-corrected chi connectivity index (χ0v) is 19.3. The molecule has 0 aliphatic heterocycles. The summed E-state index contributed by atoms with van der Waals surface area (Å²) in [5.74, 6) is -0.738. The Bertz CT molecular complexity index is 1320. The van der Waals surface area contributed by atoms with Gasteiger partial charge in [-0.3, -0.25) is 4.79 Å². The van der Waals surface area contributed by atoms with Gasteiger partial charge in [0.2, 0.25) is 0 Å². The Hall–Kier alpha value is -4.52. The van der Waals surface area contributed by atoms with Crippen LogP contribution >= 0.6 is 0 Å². The van der Waals surface area contributed by atoms with E-state index >= 15 is 0 Å². The third-order valence-corrected chi connectivity index (χ3v) is 5.41. The molecule has 1 heterocycles. The molecule has 1 aromatic heterocycles. The van der Waals surface area contributed by atoms with Gasteiger partial charge in [-0.1, -0.05) is 49.7 Å². The second kappa shape index (κ2) is 11.1. The number of carboxylic acids is 1. The van der Waals surface area contributed by atoms with E-state index in [0.29, 0.717) is 23.7 Å². The molecule has 0 unspecified atom stereocenters. The maximum absolute atomic E-state index is 13.4. The van der Waals surface area contributed by atoms with E-state index in [2.05, 4.69) is 22.2 Å². The van der Waals surface area contributed by atoms with E-state index in [1.54, 1.807) is 48.8 Å². The number of benzene rings is 3. The van der Waals surface area contributed by atoms with Crippen LogP contribution in [0.5, 0.6) is 5.75 Å². The number of rotatable bonds is 9. The van der Waals surface area contributed by atoms with Crippen molar-refractivity contribution in [2.45, 2.75) is 19.8 Å². The van der Waals surface area contributed by atoms with Crippen LogP contribution in [-0.4, -0.2) is 33.6 Å². The minimum absolute atomic E-state index is 0.00553. The number of amides is 1. The lowest BCUT2D eigenvalue weighted by atomic mass is 10.0. The topological polar surface area (TPSA) is 101 Å². The fourth-order valence-corrected chi connectivity index (χ4v) is 3.58. The van der Waals surface area contributed by atoms with Crippen molar-refractivity contribution in [1.29, 1.82) is 0 Å². The van der Waals surface area contributed by atoms with Gasteiger partial charge < -0.3 is 15.2 Å². The maximum Gasteiger partial charge on any atom is 0.337 e. The quantitative estimate of drug-likeness (QED) is 0.295. The zero-order chi connectivity index (χ0) is 24.6. The fourth-order valence-electron chi connectivity index (χ4n) is 3.58. The number of aromatic nitrogens is 2. The minimum Gasteiger partial charge on any atom is -0.493 e. The molecule has 0 spiro atoms. The number of nitrogens with one attached hydrogen (secondary N) is 1. The fraction of sp³-hybridized carbons (Fsp3) is 0.143. The summed E-state index contributed by atoms with van der Waals surface area (Å²) in [4.78, 5) is 33.8. The molecule has 4 rings (SSSR count). The molecule has 0 bridgehead atoms. The largest absolute Gasteiger partial charge is 0.493 e. The van der Waals surface area contributed by atoms with E-state index in [0.717, 1.165) is 24.0 Å². The highest BCUT2D eigenvalue weighted by molar-refractivity contribution is 6.10. The first kappa shape index (κ1) is 23.6. The van der Waals surface area contributed by atoms with Crippen molar-refractivity contribution in [1.82, 2.24) is 9.97 Å². The van der Waals surface area contributed by atoms with Gasteiger partial charge in [-0.2, -0.15) is 0 Å². The highest BCUT2D eigenvalue weighted by atomic mass is 16.5. The van der Waals surface area contributed by atoms with Crippen LogP contribution < -0.4 is 10.1 Å². The summed E-state index contributed by atoms with van der Waals surface area (Å²) in [6.45, 7) is 2.52. The summed E-state index contributed by atoms with van der Waals surface area (Å²) in [7, 11) is 0. The van der Waals surface area contributed by atoms with Crippen molar-refractivity contribution in [3.05, 3.63) is 96.3 Å². The summed E-state index contributed by atoms with van der Waals surface area (Å²) < 4.78 is 5.88. The first-order valence-electron chi connectivity index (χ1n) is 11.3. The third kappa shape index (κ3) is 5.70. The summed E-state index contributed by atoms with van der Waals surface area (Å²) in [5.41, 5.74) is 2.81. The molecule has 0 fully saturated rings. The predicted molar refractivity (Wildman–Crippen MR) is 135 cm³/mol. The molecular formula is C28H25N3O4. The average Bonchev–Trinajstić information content (AvgIpc) is 2.89. The van der Waals surface area contributed by atoms with Crippen molar-refractivity contribution in [3.8, 4) is 28.3 Å². The smallest absolute Gasteiger partial charge is 0.337 e. The predicted octanol–water partition coefficient (Wildman–Crippen LogP) is 5.94. The summed E-state index contributed by atoms with van der Waals surface area (Å²) in [6, 6.07) is 21.3. The van der Waals surface area contributed by atoms with Crippen LogP contribution in [0.3, 0.4) is 0 Å². The first-order valence-corrected chi connectivity index (χ1v) is 11.3. The lowest BCUT2D eigenvalue weighted by Gasteiger charge is -2.15. The normalized spacial score (nSPS) is 10.5. The number of aromatic carboxylic acids is 1. The van der Waals surface area contributed by atoms with Crippen LogP contribution in [0, 0.1) is 0 Å². The first-order chi connectivity index (χ1) is 17.1. The molecule has 7 heteroatoms. The van der Waals surface area contributed by atoms with Crippen molar-refractivity contribution in [2.24, 2.45) is 0 Å². The number of carbonyl (C=O) groups excluding carboxylic acids is 1. The van der Waals surface area contributed by atoms with Crippen LogP contribution in [0.25, 0.3) is 22.5 Å². The van der Waals surface area contributed by atoms with Gasteiger partial charge in [-0.15, -0.1) is 0 Å². The van der Waals surface area contributed by atoms with Crippen molar-refractivity contribution < 1.29 is 19.4 Å². The molecule has 0 saturated heterocycles. The van der Waals surface area contributed by atoms with Gasteiger partial charge in [-0.05, 0) is 53.9 Å². The number of hydrogen-bond acceptors (Lipinski definition) is 5. The molecule has 176 valence electrons. The molecule has 3 aromatic carbocycles. The molecule has 0 saturated carbocycles. The lowest BCUT2D eigenvalue weighted by molar-refractivity contribution is 0.0698. The molecule has 2 N–H and O–H groups in total. The van der Waals surface area contributed by atoms with Gasteiger partial charge >= 0.3 is 5.97 Å². The highest BCUT2D eigenvalue weighted by Gasteiger charge is 2.19. The van der Waals surface area contributed by atoms with Crippen molar-refractivity contribution in [2.75, 3.05) is 11.9 Å². The number of carbonyl (C=O) groups is 2. The van der Waals surface area contributed by atoms with Gasteiger partial charge in [0.15, 0.2) is 5.82 Å². The maximum atomic E-state index is 13.4. The zero-order valence-electron chi connectivity index (χ0n) is 19.3. The molecule has 4 aromatic rings. The number of carboxylic acid groups (broad SMARTS) is 1. The number of anilines is 1. The average molecular weight is 468 g/mol. The van der Waals surface area contributed by atoms with Crippen LogP contribution in [-0.2, 0) is 0 Å². The van der Waals surface area contributed by atoms with Gasteiger partial charge in [0.05, 0.1) is 23.4 Å². The molecule has 1 amide bonds. The van der Waals surface area contributed by atoms with Gasteiger partial charge in [0.1, 0.15) is 5.75 Å². The summed E-state index contributed by atoms with van der Waals surface area (Å²) in [6.07, 6.45) is 5.04. The SMILES string of the molecule is CCCCOc1ccc(-c2ncccn2)cc1C(=O)Nc1cc(-c2ccccc2)ccc1C(=O)O. The van der Waals surface area contributed by atoms with Gasteiger partial charge in [-0.25, -0.2) is 14.8 Å². The van der Waals surface area contributed by atoms with Crippen molar-refractivity contribution in [3.63, 3.8) is 0 Å². The van der Waals surface area contributed by atoms with Crippen LogP contribution in [0.2, 0.25) is 0 Å².